The van der Waals surface area contributed by atoms with Gasteiger partial charge in [-0.25, -0.2) is 4.98 Å². The highest BCUT2D eigenvalue weighted by Crippen LogP contribution is 2.35. The Labute approximate surface area is 137 Å². The van der Waals surface area contributed by atoms with Crippen molar-refractivity contribution in [2.45, 2.75) is 6.92 Å². The van der Waals surface area contributed by atoms with Crippen molar-refractivity contribution >= 4 is 16.7 Å². The van der Waals surface area contributed by atoms with Crippen molar-refractivity contribution in [2.75, 3.05) is 45.3 Å². The van der Waals surface area contributed by atoms with Gasteiger partial charge in [-0.1, -0.05) is 0 Å². The minimum atomic E-state index is 0. The molecule has 0 radical (unpaired) electrons. The van der Waals surface area contributed by atoms with Gasteiger partial charge in [-0.15, -0.1) is 0 Å². The van der Waals surface area contributed by atoms with Crippen LogP contribution in [0.2, 0.25) is 0 Å². The number of hydrogen-bond acceptors (Lipinski definition) is 5. The van der Waals surface area contributed by atoms with Crippen LogP contribution in [0.25, 0.3) is 10.9 Å². The number of pyridine rings is 1. The third kappa shape index (κ3) is 2.91. The SMILES string of the molecule is COc1ccc(OC)c2c(C)cc(N3CCNCC3)nc12.[Cl-]. The van der Waals surface area contributed by atoms with Crippen molar-refractivity contribution in [3.63, 3.8) is 0 Å². The van der Waals surface area contributed by atoms with Crippen LogP contribution in [0.5, 0.6) is 11.5 Å². The number of methoxy groups -OCH3 is 2. The molecule has 0 atom stereocenters. The minimum absolute atomic E-state index is 0. The highest BCUT2D eigenvalue weighted by Gasteiger charge is 2.17. The van der Waals surface area contributed by atoms with E-state index in [9.17, 15) is 0 Å². The topological polar surface area (TPSA) is 46.6 Å². The van der Waals surface area contributed by atoms with E-state index < -0.39 is 0 Å². The Morgan fingerprint density at radius 2 is 1.73 bits per heavy atom. The third-order valence-electron chi connectivity index (χ3n) is 3.95. The summed E-state index contributed by atoms with van der Waals surface area (Å²) in [6, 6.07) is 5.98. The van der Waals surface area contributed by atoms with Crippen LogP contribution in [0.4, 0.5) is 5.82 Å². The zero-order chi connectivity index (χ0) is 14.8. The number of anilines is 1. The standard InChI is InChI=1S/C16H21N3O2.ClH/c1-11-10-14(19-8-6-17-7-9-19)18-16-13(21-3)5-4-12(20-2)15(11)16;/h4-5,10,17H,6-9H2,1-3H3;1H/p-1. The van der Waals surface area contributed by atoms with Crippen molar-refractivity contribution in [3.8, 4) is 11.5 Å². The maximum Gasteiger partial charge on any atom is 0.145 e. The molecule has 0 spiro atoms. The Kier molecular flexibility index (Phi) is 5.32. The van der Waals surface area contributed by atoms with Crippen LogP contribution in [0.3, 0.4) is 0 Å². The van der Waals surface area contributed by atoms with Crippen LogP contribution in [0.1, 0.15) is 5.56 Å². The van der Waals surface area contributed by atoms with Gasteiger partial charge in [0, 0.05) is 31.6 Å². The molecule has 120 valence electrons. The number of rotatable bonds is 3. The molecule has 0 bridgehead atoms. The van der Waals surface area contributed by atoms with Crippen molar-refractivity contribution in [1.82, 2.24) is 10.3 Å². The molecule has 1 aliphatic rings. The summed E-state index contributed by atoms with van der Waals surface area (Å²) in [5.41, 5.74) is 2.02. The fourth-order valence-electron chi connectivity index (χ4n) is 2.85. The minimum Gasteiger partial charge on any atom is -1.00 e. The van der Waals surface area contributed by atoms with Crippen LogP contribution >= 0.6 is 0 Å². The van der Waals surface area contributed by atoms with Crippen LogP contribution in [0, 0.1) is 6.92 Å². The Bertz CT molecular complexity index is 657. The van der Waals surface area contributed by atoms with Crippen molar-refractivity contribution in [2.24, 2.45) is 0 Å². The number of halogens is 1. The lowest BCUT2D eigenvalue weighted by atomic mass is 10.1. The molecule has 0 aliphatic carbocycles. The second-order valence-electron chi connectivity index (χ2n) is 5.23. The predicted octanol–water partition coefficient (Wildman–Crippen LogP) is -1.03. The molecule has 0 unspecified atom stereocenters. The van der Waals surface area contributed by atoms with Crippen molar-refractivity contribution in [1.29, 1.82) is 0 Å². The first-order valence-corrected chi connectivity index (χ1v) is 7.22. The van der Waals surface area contributed by atoms with Gasteiger partial charge in [0.05, 0.1) is 14.2 Å². The van der Waals surface area contributed by atoms with E-state index in [1.165, 1.54) is 0 Å². The lowest BCUT2D eigenvalue weighted by molar-refractivity contribution is -0.00000495. The first-order chi connectivity index (χ1) is 10.2. The number of aryl methyl sites for hydroxylation is 1. The summed E-state index contributed by atoms with van der Waals surface area (Å²) < 4.78 is 10.9. The molecule has 2 aromatic rings. The second-order valence-corrected chi connectivity index (χ2v) is 5.23. The highest BCUT2D eigenvalue weighted by atomic mass is 35.5. The zero-order valence-corrected chi connectivity index (χ0v) is 13.9. The molecule has 1 aromatic heterocycles. The summed E-state index contributed by atoms with van der Waals surface area (Å²) in [6.45, 7) is 6.04. The van der Waals surface area contributed by atoms with Gasteiger partial charge in [-0.05, 0) is 30.7 Å². The number of ether oxygens (including phenoxy) is 2. The molecule has 1 N–H and O–H groups in total. The summed E-state index contributed by atoms with van der Waals surface area (Å²) in [5, 5.41) is 4.39. The van der Waals surface area contributed by atoms with E-state index in [4.69, 9.17) is 14.5 Å². The van der Waals surface area contributed by atoms with Crippen LogP contribution in [-0.2, 0) is 0 Å². The monoisotopic (exact) mass is 322 g/mol. The lowest BCUT2D eigenvalue weighted by Gasteiger charge is -2.29. The number of piperazine rings is 1. The molecular weight excluding hydrogens is 302 g/mol. The summed E-state index contributed by atoms with van der Waals surface area (Å²) in [7, 11) is 3.36. The number of nitrogens with zero attached hydrogens (tertiary/aromatic N) is 2. The average Bonchev–Trinajstić information content (AvgIpc) is 2.54. The first kappa shape index (κ1) is 16.6. The van der Waals surface area contributed by atoms with E-state index in [0.717, 1.165) is 60.0 Å². The first-order valence-electron chi connectivity index (χ1n) is 7.22. The van der Waals surface area contributed by atoms with E-state index >= 15 is 0 Å². The van der Waals surface area contributed by atoms with Crippen molar-refractivity contribution in [3.05, 3.63) is 23.8 Å². The molecule has 5 nitrogen and oxygen atoms in total. The fourth-order valence-corrected chi connectivity index (χ4v) is 2.85. The molecule has 0 saturated carbocycles. The number of nitrogens with one attached hydrogen (secondary N) is 1. The van der Waals surface area contributed by atoms with E-state index in [0.29, 0.717) is 0 Å². The normalized spacial score (nSPS) is 14.6. The molecular formula is C16H21ClN3O2-. The average molecular weight is 323 g/mol. The van der Waals surface area contributed by atoms with Crippen LogP contribution in [-0.4, -0.2) is 45.4 Å². The van der Waals surface area contributed by atoms with E-state index in [1.807, 2.05) is 12.1 Å². The molecule has 1 fully saturated rings. The lowest BCUT2D eigenvalue weighted by Crippen LogP contribution is -3.00. The molecule has 3 rings (SSSR count). The van der Waals surface area contributed by atoms with Gasteiger partial charge < -0.3 is 32.1 Å². The number of fused-ring (bicyclic) bond motifs is 1. The van der Waals surface area contributed by atoms with Gasteiger partial charge in [-0.2, -0.15) is 0 Å². The Hall–Kier alpha value is -1.72. The molecule has 1 aliphatic heterocycles. The van der Waals surface area contributed by atoms with Crippen LogP contribution < -0.4 is 32.1 Å². The molecule has 0 amide bonds. The largest absolute Gasteiger partial charge is 1.00 e. The van der Waals surface area contributed by atoms with E-state index in [1.54, 1.807) is 14.2 Å². The predicted molar refractivity (Wildman–Crippen MR) is 84.7 cm³/mol. The quantitative estimate of drug-likeness (QED) is 0.783. The summed E-state index contributed by atoms with van der Waals surface area (Å²) in [5.74, 6) is 2.63. The maximum atomic E-state index is 5.48. The molecule has 2 heterocycles. The van der Waals surface area contributed by atoms with Gasteiger partial charge in [0.15, 0.2) is 0 Å². The van der Waals surface area contributed by atoms with Gasteiger partial charge in [0.2, 0.25) is 0 Å². The Balaban J connectivity index is 0.00000176. The van der Waals surface area contributed by atoms with Gasteiger partial charge >= 0.3 is 0 Å². The fraction of sp³-hybridized carbons (Fsp3) is 0.438. The Morgan fingerprint density at radius 1 is 1.09 bits per heavy atom. The summed E-state index contributed by atoms with van der Waals surface area (Å²) in [6.07, 6.45) is 0. The third-order valence-corrected chi connectivity index (χ3v) is 3.95. The van der Waals surface area contributed by atoms with Gasteiger partial charge in [0.25, 0.3) is 0 Å². The Morgan fingerprint density at radius 3 is 2.36 bits per heavy atom. The number of hydrogen-bond donors (Lipinski definition) is 1. The maximum absolute atomic E-state index is 5.48. The second kappa shape index (κ2) is 7.03. The molecule has 22 heavy (non-hydrogen) atoms. The van der Waals surface area contributed by atoms with E-state index in [-0.39, 0.29) is 12.4 Å². The van der Waals surface area contributed by atoms with E-state index in [2.05, 4.69) is 23.2 Å². The molecule has 1 aromatic carbocycles. The van der Waals surface area contributed by atoms with Gasteiger partial charge in [0.1, 0.15) is 22.8 Å². The number of aromatic nitrogens is 1. The molecule has 6 heteroatoms. The zero-order valence-electron chi connectivity index (χ0n) is 13.1. The molecule has 1 saturated heterocycles. The van der Waals surface area contributed by atoms with Gasteiger partial charge in [-0.3, -0.25) is 0 Å². The summed E-state index contributed by atoms with van der Waals surface area (Å²) >= 11 is 0. The number of benzene rings is 1. The smallest absolute Gasteiger partial charge is 0.145 e. The van der Waals surface area contributed by atoms with Crippen molar-refractivity contribution < 1.29 is 21.9 Å². The van der Waals surface area contributed by atoms with Crippen LogP contribution in [0.15, 0.2) is 18.2 Å². The highest BCUT2D eigenvalue weighted by molar-refractivity contribution is 5.94. The summed E-state index contributed by atoms with van der Waals surface area (Å²) in [4.78, 5) is 7.14.